The summed E-state index contributed by atoms with van der Waals surface area (Å²) in [4.78, 5) is 20.2. The van der Waals surface area contributed by atoms with Crippen LogP contribution in [0.25, 0.3) is 0 Å². The van der Waals surface area contributed by atoms with Crippen molar-refractivity contribution in [1.29, 1.82) is 0 Å². The number of aromatic carboxylic acids is 2. The molecule has 7 heteroatoms. The van der Waals surface area contributed by atoms with Gasteiger partial charge in [-0.1, -0.05) is 97.1 Å². The number of para-hydroxylation sites is 2. The number of benzene rings is 4. The molecular formula is C28H24O6Pb. The Hall–Kier alpha value is -3.66. The first kappa shape index (κ1) is 31.3. The first-order chi connectivity index (χ1) is 16.5. The van der Waals surface area contributed by atoms with Gasteiger partial charge >= 0.3 is 27.3 Å². The van der Waals surface area contributed by atoms with Crippen LogP contribution in [0.2, 0.25) is 0 Å². The van der Waals surface area contributed by atoms with Gasteiger partial charge in [0.1, 0.15) is 11.5 Å². The van der Waals surface area contributed by atoms with E-state index < -0.39 is 11.9 Å². The van der Waals surface area contributed by atoms with Crippen molar-refractivity contribution in [3.05, 3.63) is 132 Å². The summed E-state index contributed by atoms with van der Waals surface area (Å²) in [5, 5.41) is 20.2. The van der Waals surface area contributed by atoms with Crippen LogP contribution < -0.4 is 19.7 Å². The average Bonchev–Trinajstić information content (AvgIpc) is 2.91. The van der Waals surface area contributed by atoms with Crippen LogP contribution >= 0.6 is 0 Å². The number of carbonyl (C=O) groups is 2. The van der Waals surface area contributed by atoms with Gasteiger partial charge in [0.2, 0.25) is 0 Å². The van der Waals surface area contributed by atoms with E-state index in [2.05, 4.69) is 12.1 Å². The Morgan fingerprint density at radius 2 is 0.886 bits per heavy atom. The van der Waals surface area contributed by atoms with Crippen LogP contribution in [-0.2, 0) is 0 Å². The molecule has 0 atom stereocenters. The minimum Gasteiger partial charge on any atom is -0.545 e. The zero-order valence-electron chi connectivity index (χ0n) is 19.3. The van der Waals surface area contributed by atoms with Gasteiger partial charge in [0, 0.05) is 12.1 Å². The van der Waals surface area contributed by atoms with Gasteiger partial charge in [0.05, 0.1) is 26.2 Å². The van der Waals surface area contributed by atoms with Crippen molar-refractivity contribution < 1.29 is 29.3 Å². The smallest absolute Gasteiger partial charge is 0.545 e. The van der Waals surface area contributed by atoms with Crippen molar-refractivity contribution >= 4 is 39.2 Å². The number of carboxylic acid groups (broad SMARTS) is 2. The quantitative estimate of drug-likeness (QED) is 0.312. The first-order valence-electron chi connectivity index (χ1n) is 10.0. The largest absolute Gasteiger partial charge is 2.00 e. The van der Waals surface area contributed by atoms with Crippen molar-refractivity contribution in [2.45, 2.75) is 0 Å². The van der Waals surface area contributed by atoms with Gasteiger partial charge < -0.3 is 29.3 Å². The van der Waals surface area contributed by atoms with Crippen LogP contribution in [0.1, 0.15) is 20.7 Å². The molecule has 4 aromatic carbocycles. The van der Waals surface area contributed by atoms with E-state index in [-0.39, 0.29) is 38.4 Å². The number of ether oxygens (including phenoxy) is 2. The maximum absolute atomic E-state index is 10.1. The third kappa shape index (κ3) is 15.0. The summed E-state index contributed by atoms with van der Waals surface area (Å²) in [7, 11) is 3.26. The van der Waals surface area contributed by atoms with Crippen molar-refractivity contribution in [3.63, 3.8) is 0 Å². The van der Waals surface area contributed by atoms with Gasteiger partial charge in [-0.3, -0.25) is 0 Å². The first-order valence-corrected chi connectivity index (χ1v) is 10.0. The molecule has 6 nitrogen and oxygen atoms in total. The van der Waals surface area contributed by atoms with E-state index in [1.807, 2.05) is 48.5 Å². The summed E-state index contributed by atoms with van der Waals surface area (Å²) < 4.78 is 9.72. The molecule has 176 valence electrons. The summed E-state index contributed by atoms with van der Waals surface area (Å²) in [5.41, 5.74) is 0.440. The fraction of sp³-hybridized carbons (Fsp3) is 0.0714. The Labute approximate surface area is 226 Å². The van der Waals surface area contributed by atoms with E-state index in [1.54, 1.807) is 50.6 Å². The molecule has 0 bridgehead atoms. The molecule has 35 heavy (non-hydrogen) atoms. The molecule has 0 unspecified atom stereocenters. The normalized spacial score (nSPS) is 8.51. The zero-order valence-corrected chi connectivity index (χ0v) is 23.2. The Morgan fingerprint density at radius 1 is 0.571 bits per heavy atom. The number of rotatable bonds is 4. The molecule has 0 amide bonds. The topological polar surface area (TPSA) is 98.7 Å². The Kier molecular flexibility index (Phi) is 17.7. The van der Waals surface area contributed by atoms with Crippen LogP contribution in [0.3, 0.4) is 0 Å². The zero-order chi connectivity index (χ0) is 25.0. The van der Waals surface area contributed by atoms with Gasteiger partial charge in [-0.05, 0) is 23.3 Å². The average molecular weight is 664 g/mol. The van der Waals surface area contributed by atoms with Crippen molar-refractivity contribution in [2.24, 2.45) is 0 Å². The third-order valence-corrected chi connectivity index (χ3v) is 3.82. The van der Waals surface area contributed by atoms with Crippen molar-refractivity contribution in [1.82, 2.24) is 0 Å². The molecule has 0 saturated carbocycles. The molecule has 4 aromatic rings. The summed E-state index contributed by atoms with van der Waals surface area (Å²) in [6.07, 6.45) is 0. The fourth-order valence-corrected chi connectivity index (χ4v) is 2.16. The Morgan fingerprint density at radius 3 is 1.06 bits per heavy atom. The number of hydrogen-bond donors (Lipinski definition) is 0. The predicted octanol–water partition coefficient (Wildman–Crippen LogP) is 2.71. The van der Waals surface area contributed by atoms with E-state index in [0.717, 1.165) is 11.5 Å². The van der Waals surface area contributed by atoms with Crippen molar-refractivity contribution in [3.8, 4) is 11.5 Å². The third-order valence-electron chi connectivity index (χ3n) is 3.82. The fourth-order valence-electron chi connectivity index (χ4n) is 2.16. The van der Waals surface area contributed by atoms with E-state index in [1.165, 1.54) is 24.3 Å². The molecule has 4 rings (SSSR count). The molecular weight excluding hydrogens is 640 g/mol. The summed E-state index contributed by atoms with van der Waals surface area (Å²) in [6.45, 7) is 0. The number of carbonyl (C=O) groups excluding carboxylic acids is 2. The Balaban J connectivity index is 0.000000437. The minimum absolute atomic E-state index is 0. The van der Waals surface area contributed by atoms with Crippen LogP contribution in [-0.4, -0.2) is 53.5 Å². The van der Waals surface area contributed by atoms with Crippen LogP contribution in [0.15, 0.2) is 109 Å². The molecule has 0 saturated heterocycles. The van der Waals surface area contributed by atoms with Gasteiger partial charge in [-0.25, -0.2) is 0 Å². The monoisotopic (exact) mass is 664 g/mol. The molecule has 4 radical (unpaired) electrons. The maximum atomic E-state index is 10.1. The van der Waals surface area contributed by atoms with Gasteiger partial charge in [0.25, 0.3) is 0 Å². The molecule has 0 N–H and O–H groups in total. The Bertz CT molecular complexity index is 971. The standard InChI is InChI=1S/2C7H6O2.2C7H7O.Pb/c2*8-7(9)6-4-2-1-3-5-6;2*1-8-7-5-3-2-4-6-7;/h2*1-5H,(H,8,9);2*2-5H,1H3;/q;;;;+2/p-2. The second-order valence-electron chi connectivity index (χ2n) is 6.17. The van der Waals surface area contributed by atoms with E-state index in [9.17, 15) is 19.8 Å². The van der Waals surface area contributed by atoms with Crippen molar-refractivity contribution in [2.75, 3.05) is 14.2 Å². The molecule has 0 aromatic heterocycles. The summed E-state index contributed by atoms with van der Waals surface area (Å²) in [5.74, 6) is -0.689. The van der Waals surface area contributed by atoms with Gasteiger partial charge in [-0.15, -0.1) is 0 Å². The van der Waals surface area contributed by atoms with Crippen LogP contribution in [0, 0.1) is 12.1 Å². The molecule has 0 aliphatic heterocycles. The molecule has 0 heterocycles. The minimum atomic E-state index is -1.13. The van der Waals surface area contributed by atoms with Gasteiger partial charge in [0.15, 0.2) is 0 Å². The predicted molar refractivity (Wildman–Crippen MR) is 131 cm³/mol. The van der Waals surface area contributed by atoms with E-state index >= 15 is 0 Å². The molecule has 0 aliphatic carbocycles. The van der Waals surface area contributed by atoms with Crippen LogP contribution in [0.5, 0.6) is 11.5 Å². The molecule has 0 aliphatic rings. The SMILES string of the molecule is COc1[c]cccc1.COc1[c]cccc1.O=C([O-])c1ccccc1.O=C([O-])c1ccccc1.[Pb+2]. The number of carboxylic acids is 2. The second kappa shape index (κ2) is 19.8. The molecule has 0 spiro atoms. The molecule has 0 fully saturated rings. The van der Waals surface area contributed by atoms with Gasteiger partial charge in [-0.2, -0.15) is 0 Å². The summed E-state index contributed by atoms with van der Waals surface area (Å²) >= 11 is 0. The number of methoxy groups -OCH3 is 2. The summed E-state index contributed by atoms with van der Waals surface area (Å²) in [6, 6.07) is 36.9. The van der Waals surface area contributed by atoms with E-state index in [4.69, 9.17) is 9.47 Å². The number of hydrogen-bond acceptors (Lipinski definition) is 6. The van der Waals surface area contributed by atoms with Crippen LogP contribution in [0.4, 0.5) is 0 Å². The second-order valence-corrected chi connectivity index (χ2v) is 6.17. The van der Waals surface area contributed by atoms with E-state index in [0.29, 0.717) is 0 Å². The maximum Gasteiger partial charge on any atom is 2.00 e.